The Morgan fingerprint density at radius 3 is 2.60 bits per heavy atom. The van der Waals surface area contributed by atoms with E-state index in [1.807, 2.05) is 6.92 Å². The van der Waals surface area contributed by atoms with Gasteiger partial charge in [-0.15, -0.1) is 0 Å². The molecule has 0 bridgehead atoms. The van der Waals surface area contributed by atoms with Gasteiger partial charge in [-0.1, -0.05) is 6.92 Å². The van der Waals surface area contributed by atoms with E-state index in [0.29, 0.717) is 5.92 Å². The summed E-state index contributed by atoms with van der Waals surface area (Å²) in [5.41, 5.74) is 0. The van der Waals surface area contributed by atoms with Crippen molar-refractivity contribution in [3.05, 3.63) is 0 Å². The molecule has 0 aromatic carbocycles. The SMILES string of the molecule is CC(NCC1CCC(O)C1)C(C)C(=O)O. The van der Waals surface area contributed by atoms with Crippen LogP contribution in [-0.2, 0) is 4.79 Å². The first kappa shape index (κ1) is 12.5. The Morgan fingerprint density at radius 1 is 1.47 bits per heavy atom. The topological polar surface area (TPSA) is 69.6 Å². The maximum absolute atomic E-state index is 10.7. The standard InChI is InChI=1S/C11H21NO3/c1-7(11(14)15)8(2)12-6-9-3-4-10(13)5-9/h7-10,12-13H,3-6H2,1-2H3,(H,14,15). The van der Waals surface area contributed by atoms with E-state index in [1.165, 1.54) is 0 Å². The summed E-state index contributed by atoms with van der Waals surface area (Å²) < 4.78 is 0. The van der Waals surface area contributed by atoms with Gasteiger partial charge in [0.1, 0.15) is 0 Å². The lowest BCUT2D eigenvalue weighted by atomic mass is 10.0. The molecule has 1 rings (SSSR count). The second kappa shape index (κ2) is 5.47. The summed E-state index contributed by atoms with van der Waals surface area (Å²) in [5, 5.41) is 21.4. The smallest absolute Gasteiger partial charge is 0.307 e. The number of carboxylic acids is 1. The van der Waals surface area contributed by atoms with Gasteiger partial charge in [0.25, 0.3) is 0 Å². The quantitative estimate of drug-likeness (QED) is 0.636. The molecule has 0 heterocycles. The van der Waals surface area contributed by atoms with E-state index < -0.39 is 5.97 Å². The molecule has 0 saturated heterocycles. The van der Waals surface area contributed by atoms with Crippen molar-refractivity contribution in [2.45, 2.75) is 45.3 Å². The molecule has 0 amide bonds. The fraction of sp³-hybridized carbons (Fsp3) is 0.909. The van der Waals surface area contributed by atoms with E-state index in [4.69, 9.17) is 5.11 Å². The van der Waals surface area contributed by atoms with Crippen molar-refractivity contribution in [3.8, 4) is 0 Å². The van der Waals surface area contributed by atoms with Gasteiger partial charge in [0.2, 0.25) is 0 Å². The van der Waals surface area contributed by atoms with Crippen LogP contribution in [0.4, 0.5) is 0 Å². The number of nitrogens with one attached hydrogen (secondary N) is 1. The zero-order valence-electron chi connectivity index (χ0n) is 9.44. The van der Waals surface area contributed by atoms with Crippen LogP contribution in [0.1, 0.15) is 33.1 Å². The molecule has 4 unspecified atom stereocenters. The molecule has 1 fully saturated rings. The number of hydrogen-bond donors (Lipinski definition) is 3. The lowest BCUT2D eigenvalue weighted by Gasteiger charge is -2.20. The molecule has 0 aromatic rings. The van der Waals surface area contributed by atoms with Crippen LogP contribution in [0.3, 0.4) is 0 Å². The Morgan fingerprint density at radius 2 is 2.13 bits per heavy atom. The van der Waals surface area contributed by atoms with Crippen LogP contribution in [0.15, 0.2) is 0 Å². The van der Waals surface area contributed by atoms with Crippen molar-refractivity contribution < 1.29 is 15.0 Å². The third-order valence-electron chi connectivity index (χ3n) is 3.38. The van der Waals surface area contributed by atoms with Crippen molar-refractivity contribution in [1.82, 2.24) is 5.32 Å². The van der Waals surface area contributed by atoms with Gasteiger partial charge in [-0.25, -0.2) is 0 Å². The van der Waals surface area contributed by atoms with Crippen LogP contribution in [0.5, 0.6) is 0 Å². The fourth-order valence-corrected chi connectivity index (χ4v) is 1.98. The number of hydrogen-bond acceptors (Lipinski definition) is 3. The van der Waals surface area contributed by atoms with E-state index in [2.05, 4.69) is 5.32 Å². The van der Waals surface area contributed by atoms with Gasteiger partial charge in [-0.05, 0) is 38.6 Å². The van der Waals surface area contributed by atoms with E-state index in [-0.39, 0.29) is 18.1 Å². The molecule has 1 aliphatic rings. The number of aliphatic hydroxyl groups is 1. The summed E-state index contributed by atoms with van der Waals surface area (Å²) in [6, 6.07) is -0.0137. The van der Waals surface area contributed by atoms with Crippen LogP contribution in [0, 0.1) is 11.8 Å². The Bertz CT molecular complexity index is 220. The van der Waals surface area contributed by atoms with Gasteiger partial charge in [0.05, 0.1) is 12.0 Å². The maximum atomic E-state index is 10.7. The molecular weight excluding hydrogens is 194 g/mol. The summed E-state index contributed by atoms with van der Waals surface area (Å²) in [7, 11) is 0. The van der Waals surface area contributed by atoms with Crippen molar-refractivity contribution >= 4 is 5.97 Å². The average molecular weight is 215 g/mol. The Labute approximate surface area is 90.7 Å². The highest BCUT2D eigenvalue weighted by Gasteiger charge is 2.24. The molecular formula is C11H21NO3. The van der Waals surface area contributed by atoms with Gasteiger partial charge in [0.15, 0.2) is 0 Å². The molecule has 1 aliphatic carbocycles. The second-order valence-electron chi connectivity index (χ2n) is 4.66. The van der Waals surface area contributed by atoms with Crippen molar-refractivity contribution in [1.29, 1.82) is 0 Å². The van der Waals surface area contributed by atoms with Gasteiger partial charge in [-0.2, -0.15) is 0 Å². The molecule has 4 nitrogen and oxygen atoms in total. The minimum absolute atomic E-state index is 0.0137. The van der Waals surface area contributed by atoms with E-state index in [9.17, 15) is 9.90 Å². The highest BCUT2D eigenvalue weighted by atomic mass is 16.4. The molecule has 15 heavy (non-hydrogen) atoms. The van der Waals surface area contributed by atoms with E-state index in [1.54, 1.807) is 6.92 Å². The minimum atomic E-state index is -0.763. The van der Waals surface area contributed by atoms with Gasteiger partial charge in [0, 0.05) is 6.04 Å². The molecule has 0 spiro atoms. The fourth-order valence-electron chi connectivity index (χ4n) is 1.98. The van der Waals surface area contributed by atoms with Gasteiger partial charge < -0.3 is 15.5 Å². The molecule has 0 radical (unpaired) electrons. The first-order chi connectivity index (χ1) is 7.00. The van der Waals surface area contributed by atoms with Crippen molar-refractivity contribution in [3.63, 3.8) is 0 Å². The van der Waals surface area contributed by atoms with E-state index >= 15 is 0 Å². The molecule has 88 valence electrons. The Kier molecular flexibility index (Phi) is 4.54. The maximum Gasteiger partial charge on any atom is 0.307 e. The normalized spacial score (nSPS) is 30.1. The summed E-state index contributed by atoms with van der Waals surface area (Å²) in [4.78, 5) is 10.7. The lowest BCUT2D eigenvalue weighted by Crippen LogP contribution is -2.38. The molecule has 3 N–H and O–H groups in total. The lowest BCUT2D eigenvalue weighted by molar-refractivity contribution is -0.141. The van der Waals surface area contributed by atoms with Crippen LogP contribution in [0.25, 0.3) is 0 Å². The second-order valence-corrected chi connectivity index (χ2v) is 4.66. The minimum Gasteiger partial charge on any atom is -0.481 e. The molecule has 1 saturated carbocycles. The number of carboxylic acid groups (broad SMARTS) is 1. The summed E-state index contributed by atoms with van der Waals surface area (Å²) in [6.07, 6.45) is 2.63. The highest BCUT2D eigenvalue weighted by molar-refractivity contribution is 5.70. The van der Waals surface area contributed by atoms with Crippen LogP contribution in [0.2, 0.25) is 0 Å². The van der Waals surface area contributed by atoms with Crippen LogP contribution >= 0.6 is 0 Å². The number of rotatable bonds is 5. The Hall–Kier alpha value is -0.610. The van der Waals surface area contributed by atoms with Gasteiger partial charge >= 0.3 is 5.97 Å². The van der Waals surface area contributed by atoms with Crippen LogP contribution < -0.4 is 5.32 Å². The predicted molar refractivity (Wildman–Crippen MR) is 57.6 cm³/mol. The van der Waals surface area contributed by atoms with Gasteiger partial charge in [-0.3, -0.25) is 4.79 Å². The Balaban J connectivity index is 2.22. The number of aliphatic carboxylic acids is 1. The first-order valence-corrected chi connectivity index (χ1v) is 5.65. The highest BCUT2D eigenvalue weighted by Crippen LogP contribution is 2.24. The molecule has 4 atom stereocenters. The third kappa shape index (κ3) is 3.80. The summed E-state index contributed by atoms with van der Waals surface area (Å²) >= 11 is 0. The largest absolute Gasteiger partial charge is 0.481 e. The predicted octanol–water partition coefficient (Wildman–Crippen LogP) is 0.846. The van der Waals surface area contributed by atoms with Crippen molar-refractivity contribution in [2.24, 2.45) is 11.8 Å². The molecule has 4 heteroatoms. The zero-order chi connectivity index (χ0) is 11.4. The first-order valence-electron chi connectivity index (χ1n) is 5.65. The van der Waals surface area contributed by atoms with Crippen molar-refractivity contribution in [2.75, 3.05) is 6.54 Å². The summed E-state index contributed by atoms with van der Waals surface area (Å²) in [5.74, 6) is -0.624. The third-order valence-corrected chi connectivity index (χ3v) is 3.38. The molecule has 0 aromatic heterocycles. The monoisotopic (exact) mass is 215 g/mol. The van der Waals surface area contributed by atoms with Crippen LogP contribution in [-0.4, -0.2) is 34.9 Å². The molecule has 0 aliphatic heterocycles. The average Bonchev–Trinajstić information content (AvgIpc) is 2.59. The zero-order valence-corrected chi connectivity index (χ0v) is 9.44. The number of carbonyl (C=O) groups is 1. The van der Waals surface area contributed by atoms with E-state index in [0.717, 1.165) is 25.8 Å². The summed E-state index contributed by atoms with van der Waals surface area (Å²) in [6.45, 7) is 4.42. The number of aliphatic hydroxyl groups excluding tert-OH is 1.